The van der Waals surface area contributed by atoms with Crippen LogP contribution in [0.25, 0.3) is 0 Å². The van der Waals surface area contributed by atoms with E-state index in [1.165, 1.54) is 5.56 Å². The van der Waals surface area contributed by atoms with Gasteiger partial charge in [-0.3, -0.25) is 9.59 Å². The average molecular weight is 345 g/mol. The van der Waals surface area contributed by atoms with Crippen molar-refractivity contribution in [1.82, 2.24) is 4.90 Å². The molecule has 136 valence electrons. The highest BCUT2D eigenvalue weighted by Crippen LogP contribution is 2.31. The maximum absolute atomic E-state index is 12.7. The molecule has 2 fully saturated rings. The third-order valence-corrected chi connectivity index (χ3v) is 5.50. The number of carboxylic acid groups (broad SMARTS) is 1. The molecule has 3 rings (SSSR count). The maximum Gasteiger partial charge on any atom is 0.306 e. The number of benzene rings is 1. The Morgan fingerprint density at radius 3 is 2.08 bits per heavy atom. The number of rotatable bonds is 4. The van der Waals surface area contributed by atoms with Crippen molar-refractivity contribution >= 4 is 11.9 Å². The van der Waals surface area contributed by atoms with Crippen molar-refractivity contribution in [2.24, 2.45) is 11.8 Å². The van der Waals surface area contributed by atoms with Crippen LogP contribution in [0.2, 0.25) is 0 Å². The van der Waals surface area contributed by atoms with Crippen molar-refractivity contribution in [2.45, 2.75) is 51.6 Å². The van der Waals surface area contributed by atoms with Gasteiger partial charge in [-0.15, -0.1) is 0 Å². The standard InChI is InChI=1S/C20H27NO4/c1-14-2-8-17(9-3-14)25-18-10-12-21(13-11-18)19(22)15-4-6-16(7-5-15)20(23)24/h2-3,8-9,15-16,18H,4-7,10-13H2,1H3,(H,23,24). The number of piperidine rings is 1. The van der Waals surface area contributed by atoms with E-state index in [0.29, 0.717) is 25.7 Å². The molecule has 5 nitrogen and oxygen atoms in total. The molecule has 1 saturated heterocycles. The van der Waals surface area contributed by atoms with Gasteiger partial charge in [-0.1, -0.05) is 17.7 Å². The number of likely N-dealkylation sites (tertiary alicyclic amines) is 1. The second-order valence-electron chi connectivity index (χ2n) is 7.34. The summed E-state index contributed by atoms with van der Waals surface area (Å²) in [6, 6.07) is 8.07. The molecule has 1 amide bonds. The van der Waals surface area contributed by atoms with Crippen LogP contribution in [0.15, 0.2) is 24.3 Å². The number of carbonyl (C=O) groups excluding carboxylic acids is 1. The van der Waals surface area contributed by atoms with E-state index in [1.54, 1.807) is 0 Å². The van der Waals surface area contributed by atoms with Gasteiger partial charge in [0.2, 0.25) is 5.91 Å². The molecule has 0 bridgehead atoms. The van der Waals surface area contributed by atoms with Crippen molar-refractivity contribution < 1.29 is 19.4 Å². The molecular weight excluding hydrogens is 318 g/mol. The van der Waals surface area contributed by atoms with E-state index < -0.39 is 5.97 Å². The minimum absolute atomic E-state index is 0.00478. The van der Waals surface area contributed by atoms with E-state index in [1.807, 2.05) is 29.2 Å². The third-order valence-electron chi connectivity index (χ3n) is 5.50. The van der Waals surface area contributed by atoms with Crippen molar-refractivity contribution in [3.63, 3.8) is 0 Å². The lowest BCUT2D eigenvalue weighted by molar-refractivity contribution is -0.146. The zero-order valence-electron chi connectivity index (χ0n) is 14.8. The Labute approximate surface area is 149 Å². The SMILES string of the molecule is Cc1ccc(OC2CCN(C(=O)C3CCC(C(=O)O)CC3)CC2)cc1. The summed E-state index contributed by atoms with van der Waals surface area (Å²) in [5, 5.41) is 9.07. The third kappa shape index (κ3) is 4.53. The van der Waals surface area contributed by atoms with Crippen LogP contribution in [-0.2, 0) is 9.59 Å². The van der Waals surface area contributed by atoms with Crippen LogP contribution in [0.4, 0.5) is 0 Å². The van der Waals surface area contributed by atoms with Crippen molar-refractivity contribution in [3.05, 3.63) is 29.8 Å². The van der Waals surface area contributed by atoms with Gasteiger partial charge in [0.1, 0.15) is 11.9 Å². The van der Waals surface area contributed by atoms with Crippen LogP contribution in [-0.4, -0.2) is 41.1 Å². The Balaban J connectivity index is 1.45. The van der Waals surface area contributed by atoms with E-state index >= 15 is 0 Å². The molecule has 1 saturated carbocycles. The number of aliphatic carboxylic acids is 1. The Bertz CT molecular complexity index is 597. The number of hydrogen-bond acceptors (Lipinski definition) is 3. The summed E-state index contributed by atoms with van der Waals surface area (Å²) in [7, 11) is 0. The predicted molar refractivity (Wildman–Crippen MR) is 94.5 cm³/mol. The average Bonchev–Trinajstić information content (AvgIpc) is 2.64. The first-order valence-electron chi connectivity index (χ1n) is 9.28. The fourth-order valence-corrected chi connectivity index (χ4v) is 3.85. The molecule has 1 aliphatic heterocycles. The van der Waals surface area contributed by atoms with Crippen molar-refractivity contribution in [1.29, 1.82) is 0 Å². The smallest absolute Gasteiger partial charge is 0.306 e. The van der Waals surface area contributed by atoms with Gasteiger partial charge in [-0.2, -0.15) is 0 Å². The molecule has 1 N–H and O–H groups in total. The summed E-state index contributed by atoms with van der Waals surface area (Å²) in [5.74, 6) is 0.114. The number of hydrogen-bond donors (Lipinski definition) is 1. The van der Waals surface area contributed by atoms with Crippen LogP contribution in [0.5, 0.6) is 5.75 Å². The molecule has 1 aromatic rings. The van der Waals surface area contributed by atoms with Crippen LogP contribution < -0.4 is 4.74 Å². The van der Waals surface area contributed by atoms with Crippen LogP contribution in [0.1, 0.15) is 44.1 Å². The Hall–Kier alpha value is -2.04. The lowest BCUT2D eigenvalue weighted by Gasteiger charge is -2.36. The van der Waals surface area contributed by atoms with E-state index in [9.17, 15) is 9.59 Å². The molecule has 0 spiro atoms. The minimum atomic E-state index is -0.722. The highest BCUT2D eigenvalue weighted by Gasteiger charge is 2.33. The molecule has 5 heteroatoms. The topological polar surface area (TPSA) is 66.8 Å². The predicted octanol–water partition coefficient (Wildman–Crippen LogP) is 3.26. The van der Waals surface area contributed by atoms with Gasteiger partial charge in [-0.05, 0) is 44.7 Å². The molecule has 2 aliphatic rings. The highest BCUT2D eigenvalue weighted by molar-refractivity contribution is 5.79. The zero-order chi connectivity index (χ0) is 17.8. The normalized spacial score (nSPS) is 24.8. The summed E-state index contributed by atoms with van der Waals surface area (Å²) < 4.78 is 6.02. The van der Waals surface area contributed by atoms with E-state index in [0.717, 1.165) is 31.7 Å². The highest BCUT2D eigenvalue weighted by atomic mass is 16.5. The summed E-state index contributed by atoms with van der Waals surface area (Å²) in [4.78, 5) is 25.6. The molecular formula is C20H27NO4. The lowest BCUT2D eigenvalue weighted by atomic mass is 9.81. The van der Waals surface area contributed by atoms with E-state index in [4.69, 9.17) is 9.84 Å². The fraction of sp³-hybridized carbons (Fsp3) is 0.600. The Morgan fingerprint density at radius 2 is 1.52 bits per heavy atom. The fourth-order valence-electron chi connectivity index (χ4n) is 3.85. The van der Waals surface area contributed by atoms with Crippen LogP contribution >= 0.6 is 0 Å². The second kappa shape index (κ2) is 7.89. The molecule has 0 radical (unpaired) electrons. The van der Waals surface area contributed by atoms with E-state index in [2.05, 4.69) is 6.92 Å². The Kier molecular flexibility index (Phi) is 5.61. The molecule has 1 aliphatic carbocycles. The van der Waals surface area contributed by atoms with Gasteiger partial charge in [0.15, 0.2) is 0 Å². The number of carbonyl (C=O) groups is 2. The number of amides is 1. The number of ether oxygens (including phenoxy) is 1. The summed E-state index contributed by atoms with van der Waals surface area (Å²) in [6.45, 7) is 3.51. The zero-order valence-corrected chi connectivity index (χ0v) is 14.8. The van der Waals surface area contributed by atoms with Crippen LogP contribution in [0.3, 0.4) is 0 Å². The van der Waals surface area contributed by atoms with Gasteiger partial charge in [0.05, 0.1) is 5.92 Å². The Morgan fingerprint density at radius 1 is 0.960 bits per heavy atom. The summed E-state index contributed by atoms with van der Waals surface area (Å²) in [6.07, 6.45) is 4.52. The molecule has 25 heavy (non-hydrogen) atoms. The molecule has 0 unspecified atom stereocenters. The lowest BCUT2D eigenvalue weighted by Crippen LogP contribution is -2.45. The first kappa shape index (κ1) is 17.8. The molecule has 0 aromatic heterocycles. The second-order valence-corrected chi connectivity index (χ2v) is 7.34. The van der Waals surface area contributed by atoms with Gasteiger partial charge < -0.3 is 14.7 Å². The number of carboxylic acids is 1. The minimum Gasteiger partial charge on any atom is -0.490 e. The molecule has 0 atom stereocenters. The molecule has 1 aromatic carbocycles. The number of aryl methyl sites for hydroxylation is 1. The van der Waals surface area contributed by atoms with Gasteiger partial charge in [0.25, 0.3) is 0 Å². The first-order valence-corrected chi connectivity index (χ1v) is 9.28. The largest absolute Gasteiger partial charge is 0.490 e. The van der Waals surface area contributed by atoms with Crippen molar-refractivity contribution in [3.8, 4) is 5.75 Å². The van der Waals surface area contributed by atoms with Crippen molar-refractivity contribution in [2.75, 3.05) is 13.1 Å². The summed E-state index contributed by atoms with van der Waals surface area (Å²) in [5.41, 5.74) is 1.21. The quantitative estimate of drug-likeness (QED) is 0.909. The maximum atomic E-state index is 12.7. The summed E-state index contributed by atoms with van der Waals surface area (Å²) >= 11 is 0. The van der Waals surface area contributed by atoms with Gasteiger partial charge in [0, 0.05) is 31.8 Å². The van der Waals surface area contributed by atoms with Crippen LogP contribution in [0, 0.1) is 18.8 Å². The number of nitrogens with zero attached hydrogens (tertiary/aromatic N) is 1. The molecule has 1 heterocycles. The van der Waals surface area contributed by atoms with Gasteiger partial charge >= 0.3 is 5.97 Å². The van der Waals surface area contributed by atoms with E-state index in [-0.39, 0.29) is 23.8 Å². The first-order chi connectivity index (χ1) is 12.0. The van der Waals surface area contributed by atoms with Gasteiger partial charge in [-0.25, -0.2) is 0 Å². The monoisotopic (exact) mass is 345 g/mol.